The highest BCUT2D eigenvalue weighted by atomic mass is 19.1. The van der Waals surface area contributed by atoms with E-state index < -0.39 is 0 Å². The van der Waals surface area contributed by atoms with Crippen molar-refractivity contribution < 1.29 is 9.50 Å². The van der Waals surface area contributed by atoms with Crippen molar-refractivity contribution >= 4 is 0 Å². The zero-order valence-electron chi connectivity index (χ0n) is 8.83. The molecule has 0 aromatic heterocycles. The average Bonchev–Trinajstić information content (AvgIpc) is 2.97. The Kier molecular flexibility index (Phi) is 2.52. The maximum atomic E-state index is 13.4. The summed E-state index contributed by atoms with van der Waals surface area (Å²) >= 11 is 0. The van der Waals surface area contributed by atoms with Crippen molar-refractivity contribution in [2.75, 3.05) is 13.2 Å². The lowest BCUT2D eigenvalue weighted by atomic mass is 9.92. The van der Waals surface area contributed by atoms with E-state index in [9.17, 15) is 4.39 Å². The van der Waals surface area contributed by atoms with Gasteiger partial charge in [0.1, 0.15) is 5.82 Å². The molecule has 1 aliphatic rings. The molecule has 0 unspecified atom stereocenters. The molecule has 1 aromatic rings. The number of hydrogen-bond acceptors (Lipinski definition) is 2. The molecule has 1 aromatic carbocycles. The van der Waals surface area contributed by atoms with E-state index in [1.165, 1.54) is 0 Å². The van der Waals surface area contributed by atoms with Crippen molar-refractivity contribution in [2.45, 2.75) is 18.8 Å². The third-order valence-corrected chi connectivity index (χ3v) is 3.56. The lowest BCUT2D eigenvalue weighted by Gasteiger charge is -2.15. The van der Waals surface area contributed by atoms with E-state index >= 15 is 0 Å². The quantitative estimate of drug-likeness (QED) is 0.789. The van der Waals surface area contributed by atoms with E-state index in [0.29, 0.717) is 12.1 Å². The van der Waals surface area contributed by atoms with E-state index in [4.69, 9.17) is 10.8 Å². The van der Waals surface area contributed by atoms with Crippen LogP contribution in [-0.2, 0) is 5.41 Å². The van der Waals surface area contributed by atoms with Gasteiger partial charge in [-0.3, -0.25) is 0 Å². The minimum absolute atomic E-state index is 0.132. The summed E-state index contributed by atoms with van der Waals surface area (Å²) in [6, 6.07) is 5.24. The number of aryl methyl sites for hydroxylation is 1. The molecule has 0 radical (unpaired) electrons. The summed E-state index contributed by atoms with van der Waals surface area (Å²) in [5.74, 6) is 0.00789. The van der Waals surface area contributed by atoms with Gasteiger partial charge in [0.25, 0.3) is 0 Å². The van der Waals surface area contributed by atoms with Crippen LogP contribution in [0.5, 0.6) is 0 Å². The van der Waals surface area contributed by atoms with Crippen LogP contribution in [0.25, 0.3) is 0 Å². The topological polar surface area (TPSA) is 46.2 Å². The summed E-state index contributed by atoms with van der Waals surface area (Å²) in [5, 5.41) is 9.11. The Hall–Kier alpha value is -0.930. The van der Waals surface area contributed by atoms with Crippen LogP contribution >= 0.6 is 0 Å². The van der Waals surface area contributed by atoms with Crippen molar-refractivity contribution in [3.05, 3.63) is 35.1 Å². The van der Waals surface area contributed by atoms with Gasteiger partial charge in [-0.15, -0.1) is 0 Å². The number of halogens is 1. The zero-order valence-corrected chi connectivity index (χ0v) is 8.83. The highest BCUT2D eigenvalue weighted by Gasteiger charge is 2.53. The van der Waals surface area contributed by atoms with Gasteiger partial charge < -0.3 is 10.8 Å². The van der Waals surface area contributed by atoms with Gasteiger partial charge in [0.05, 0.1) is 0 Å². The first-order chi connectivity index (χ1) is 7.14. The molecule has 1 fully saturated rings. The normalized spacial score (nSPS) is 29.2. The number of nitrogens with two attached hydrogens (primary N) is 1. The number of benzene rings is 1. The second-order valence-corrected chi connectivity index (χ2v) is 4.41. The van der Waals surface area contributed by atoms with E-state index in [0.717, 1.165) is 12.0 Å². The fourth-order valence-corrected chi connectivity index (χ4v) is 2.24. The fourth-order valence-electron chi connectivity index (χ4n) is 2.24. The highest BCUT2D eigenvalue weighted by Crippen LogP contribution is 2.53. The minimum atomic E-state index is -0.191. The maximum absolute atomic E-state index is 13.4. The third kappa shape index (κ3) is 1.56. The second-order valence-electron chi connectivity index (χ2n) is 4.41. The van der Waals surface area contributed by atoms with Crippen LogP contribution in [0.3, 0.4) is 0 Å². The van der Waals surface area contributed by atoms with Gasteiger partial charge in [-0.1, -0.05) is 12.1 Å². The molecule has 2 nitrogen and oxygen atoms in total. The Balaban J connectivity index is 2.33. The Morgan fingerprint density at radius 2 is 2.33 bits per heavy atom. The molecule has 2 rings (SSSR count). The lowest BCUT2D eigenvalue weighted by Crippen LogP contribution is -2.23. The largest absolute Gasteiger partial charge is 0.396 e. The molecule has 0 aliphatic heterocycles. The predicted octanol–water partition coefficient (Wildman–Crippen LogP) is 1.34. The predicted molar refractivity (Wildman–Crippen MR) is 57.1 cm³/mol. The van der Waals surface area contributed by atoms with Crippen LogP contribution in [-0.4, -0.2) is 18.3 Å². The highest BCUT2D eigenvalue weighted by molar-refractivity contribution is 5.36. The van der Waals surface area contributed by atoms with E-state index in [-0.39, 0.29) is 23.8 Å². The molecule has 15 heavy (non-hydrogen) atoms. The Morgan fingerprint density at radius 3 is 2.80 bits per heavy atom. The summed E-state index contributed by atoms with van der Waals surface area (Å²) < 4.78 is 13.4. The van der Waals surface area contributed by atoms with Crippen LogP contribution < -0.4 is 5.73 Å². The van der Waals surface area contributed by atoms with Crippen LogP contribution in [0.15, 0.2) is 18.2 Å². The second kappa shape index (κ2) is 3.58. The molecule has 0 heterocycles. The molecule has 0 bridgehead atoms. The number of hydrogen-bond donors (Lipinski definition) is 2. The molecule has 3 heteroatoms. The van der Waals surface area contributed by atoms with Gasteiger partial charge in [-0.25, -0.2) is 4.39 Å². The monoisotopic (exact) mass is 209 g/mol. The summed E-state index contributed by atoms with van der Waals surface area (Å²) in [4.78, 5) is 0. The molecule has 3 N–H and O–H groups in total. The first-order valence-corrected chi connectivity index (χ1v) is 5.21. The van der Waals surface area contributed by atoms with Crippen LogP contribution in [0.2, 0.25) is 0 Å². The fraction of sp³-hybridized carbons (Fsp3) is 0.500. The van der Waals surface area contributed by atoms with Gasteiger partial charge in [-0.2, -0.15) is 0 Å². The number of aliphatic hydroxyl groups is 1. The Bertz CT molecular complexity index is 380. The Morgan fingerprint density at radius 1 is 1.60 bits per heavy atom. The summed E-state index contributed by atoms with van der Waals surface area (Å²) in [6.07, 6.45) is 0.864. The van der Waals surface area contributed by atoms with E-state index in [1.54, 1.807) is 19.1 Å². The molecular formula is C12H16FNO. The third-order valence-electron chi connectivity index (χ3n) is 3.56. The van der Waals surface area contributed by atoms with Crippen LogP contribution in [0, 0.1) is 18.7 Å². The summed E-state index contributed by atoms with van der Waals surface area (Å²) in [6.45, 7) is 2.35. The van der Waals surface area contributed by atoms with Gasteiger partial charge in [0.15, 0.2) is 0 Å². The minimum Gasteiger partial charge on any atom is -0.396 e. The lowest BCUT2D eigenvalue weighted by molar-refractivity contribution is 0.264. The average molecular weight is 209 g/mol. The molecular weight excluding hydrogens is 193 g/mol. The maximum Gasteiger partial charge on any atom is 0.126 e. The summed E-state index contributed by atoms with van der Waals surface area (Å²) in [7, 11) is 0. The molecule has 1 aliphatic carbocycles. The SMILES string of the molecule is Cc1ccc([C@@]2(CN)C[C@@H]2CO)cc1F. The van der Waals surface area contributed by atoms with Gasteiger partial charge in [-0.05, 0) is 36.5 Å². The van der Waals surface area contributed by atoms with Crippen molar-refractivity contribution in [1.82, 2.24) is 0 Å². The molecule has 0 saturated heterocycles. The van der Waals surface area contributed by atoms with Crippen LogP contribution in [0.4, 0.5) is 4.39 Å². The molecule has 1 saturated carbocycles. The first-order valence-electron chi connectivity index (χ1n) is 5.21. The number of aliphatic hydroxyl groups excluding tert-OH is 1. The van der Waals surface area contributed by atoms with Gasteiger partial charge >= 0.3 is 0 Å². The zero-order chi connectivity index (χ0) is 11.1. The van der Waals surface area contributed by atoms with E-state index in [1.807, 2.05) is 6.07 Å². The van der Waals surface area contributed by atoms with Crippen molar-refractivity contribution in [1.29, 1.82) is 0 Å². The molecule has 0 spiro atoms. The van der Waals surface area contributed by atoms with Crippen molar-refractivity contribution in [3.63, 3.8) is 0 Å². The molecule has 82 valence electrons. The summed E-state index contributed by atoms with van der Waals surface area (Å²) in [5.41, 5.74) is 7.11. The standard InChI is InChI=1S/C12H16FNO/c1-8-2-3-9(4-11(8)13)12(7-14)5-10(12)6-15/h2-4,10,15H,5-7,14H2,1H3/t10-,12+/m1/s1. The number of rotatable bonds is 3. The smallest absolute Gasteiger partial charge is 0.126 e. The van der Waals surface area contributed by atoms with Gasteiger partial charge in [0.2, 0.25) is 0 Å². The molecule has 2 atom stereocenters. The Labute approximate surface area is 88.9 Å². The van der Waals surface area contributed by atoms with Gasteiger partial charge in [0, 0.05) is 18.6 Å². The van der Waals surface area contributed by atoms with Crippen molar-refractivity contribution in [3.8, 4) is 0 Å². The van der Waals surface area contributed by atoms with Crippen LogP contribution in [0.1, 0.15) is 17.5 Å². The van der Waals surface area contributed by atoms with Crippen molar-refractivity contribution in [2.24, 2.45) is 11.7 Å². The first kappa shape index (κ1) is 10.6. The molecule has 0 amide bonds. The van der Waals surface area contributed by atoms with E-state index in [2.05, 4.69) is 0 Å².